The third kappa shape index (κ3) is 7.31. The zero-order chi connectivity index (χ0) is 18.0. The minimum Gasteiger partial charge on any atom is -0.466 e. The summed E-state index contributed by atoms with van der Waals surface area (Å²) in [6.45, 7) is 4.76. The Morgan fingerprint density at radius 1 is 0.920 bits per heavy atom. The van der Waals surface area contributed by atoms with Gasteiger partial charge in [-0.1, -0.05) is 84.0 Å². The molecule has 0 radical (unpaired) electrons. The Morgan fingerprint density at radius 3 is 2.16 bits per heavy atom. The summed E-state index contributed by atoms with van der Waals surface area (Å²) in [4.78, 5) is 12.1. The Morgan fingerprint density at radius 2 is 1.56 bits per heavy atom. The van der Waals surface area contributed by atoms with Gasteiger partial charge in [-0.25, -0.2) is 0 Å². The number of carbonyl (C=O) groups excluding carboxylic acids is 1. The molecule has 2 fully saturated rings. The molecule has 0 bridgehead atoms. The molecule has 0 N–H and O–H groups in total. The van der Waals surface area contributed by atoms with Crippen molar-refractivity contribution >= 4 is 5.97 Å². The summed E-state index contributed by atoms with van der Waals surface area (Å²) < 4.78 is 5.26. The number of hydrogen-bond donors (Lipinski definition) is 0. The molecule has 0 unspecified atom stereocenters. The first-order valence-corrected chi connectivity index (χ1v) is 11.3. The molecule has 2 rings (SSSR count). The molecule has 0 saturated heterocycles. The maximum Gasteiger partial charge on any atom is 0.306 e. The zero-order valence-corrected chi connectivity index (χ0v) is 17.0. The lowest BCUT2D eigenvalue weighted by atomic mass is 9.68. The van der Waals surface area contributed by atoms with Crippen molar-refractivity contribution in [1.82, 2.24) is 0 Å². The van der Waals surface area contributed by atoms with Crippen molar-refractivity contribution in [3.05, 3.63) is 0 Å². The fourth-order valence-corrected chi connectivity index (χ4v) is 5.49. The molecular weight excluding hydrogens is 308 g/mol. The van der Waals surface area contributed by atoms with Gasteiger partial charge in [-0.2, -0.15) is 0 Å². The second kappa shape index (κ2) is 11.2. The van der Waals surface area contributed by atoms with E-state index in [0.29, 0.717) is 13.0 Å². The lowest BCUT2D eigenvalue weighted by Gasteiger charge is -2.37. The van der Waals surface area contributed by atoms with Crippen molar-refractivity contribution in [2.75, 3.05) is 6.61 Å². The second-order valence-electron chi connectivity index (χ2n) is 8.96. The van der Waals surface area contributed by atoms with Crippen LogP contribution in [0.2, 0.25) is 0 Å². The molecule has 2 aliphatic rings. The van der Waals surface area contributed by atoms with E-state index in [0.717, 1.165) is 11.8 Å². The maximum atomic E-state index is 12.1. The molecule has 0 aromatic rings. The third-order valence-corrected chi connectivity index (χ3v) is 6.97. The number of esters is 1. The molecule has 0 amide bonds. The van der Waals surface area contributed by atoms with E-state index in [4.69, 9.17) is 4.74 Å². The number of hydrogen-bond acceptors (Lipinski definition) is 2. The van der Waals surface area contributed by atoms with Gasteiger partial charge >= 0.3 is 5.97 Å². The second-order valence-corrected chi connectivity index (χ2v) is 8.96. The van der Waals surface area contributed by atoms with Gasteiger partial charge in [0.25, 0.3) is 0 Å². The maximum absolute atomic E-state index is 12.1. The molecular formula is C23H42O2. The summed E-state index contributed by atoms with van der Waals surface area (Å²) in [6.07, 6.45) is 21.2. The predicted octanol–water partition coefficient (Wildman–Crippen LogP) is 7.06. The Hall–Kier alpha value is -0.530. The van der Waals surface area contributed by atoms with Crippen LogP contribution in [0.5, 0.6) is 0 Å². The Labute approximate surface area is 156 Å². The van der Waals surface area contributed by atoms with Crippen LogP contribution in [0.25, 0.3) is 0 Å². The molecule has 2 aliphatic carbocycles. The van der Waals surface area contributed by atoms with E-state index in [1.165, 1.54) is 96.3 Å². The van der Waals surface area contributed by atoms with Crippen LogP contribution in [0.15, 0.2) is 0 Å². The van der Waals surface area contributed by atoms with Gasteiger partial charge in [0.1, 0.15) is 0 Å². The first-order valence-electron chi connectivity index (χ1n) is 11.3. The highest BCUT2D eigenvalue weighted by Crippen LogP contribution is 2.44. The first kappa shape index (κ1) is 20.8. The predicted molar refractivity (Wildman–Crippen MR) is 106 cm³/mol. The first-order chi connectivity index (χ1) is 12.2. The summed E-state index contributed by atoms with van der Waals surface area (Å²) >= 11 is 0. The molecule has 2 nitrogen and oxygen atoms in total. The summed E-state index contributed by atoms with van der Waals surface area (Å²) in [5.74, 6) is 2.05. The quantitative estimate of drug-likeness (QED) is 0.311. The van der Waals surface area contributed by atoms with E-state index < -0.39 is 0 Å². The van der Waals surface area contributed by atoms with Crippen LogP contribution in [-0.2, 0) is 9.53 Å². The van der Waals surface area contributed by atoms with Gasteiger partial charge in [0.05, 0.1) is 13.0 Å². The Bertz CT molecular complexity index is 362. The summed E-state index contributed by atoms with van der Waals surface area (Å²) in [5.41, 5.74) is 0.267. The number of ether oxygens (including phenoxy) is 1. The SMILES string of the molecule is CCC[C@H]1CC[C@H](CCCCC2(CC(=O)OCC)CCCCC2)CC1. The van der Waals surface area contributed by atoms with Crippen LogP contribution < -0.4 is 0 Å². The van der Waals surface area contributed by atoms with Crippen molar-refractivity contribution < 1.29 is 9.53 Å². The van der Waals surface area contributed by atoms with Crippen LogP contribution in [0.3, 0.4) is 0 Å². The Balaban J connectivity index is 1.67. The van der Waals surface area contributed by atoms with Gasteiger partial charge in [-0.3, -0.25) is 4.79 Å². The fraction of sp³-hybridized carbons (Fsp3) is 0.957. The molecule has 0 aromatic heterocycles. The summed E-state index contributed by atoms with van der Waals surface area (Å²) in [7, 11) is 0. The minimum absolute atomic E-state index is 0.0404. The minimum atomic E-state index is 0.0404. The highest BCUT2D eigenvalue weighted by atomic mass is 16.5. The van der Waals surface area contributed by atoms with E-state index in [2.05, 4.69) is 6.92 Å². The van der Waals surface area contributed by atoms with Crippen LogP contribution >= 0.6 is 0 Å². The molecule has 146 valence electrons. The lowest BCUT2D eigenvalue weighted by molar-refractivity contribution is -0.146. The average Bonchev–Trinajstić information content (AvgIpc) is 2.61. The smallest absolute Gasteiger partial charge is 0.306 e. The molecule has 2 saturated carbocycles. The number of unbranched alkanes of at least 4 members (excludes halogenated alkanes) is 1. The average molecular weight is 351 g/mol. The molecule has 0 atom stereocenters. The van der Waals surface area contributed by atoms with Crippen molar-refractivity contribution in [2.45, 2.75) is 117 Å². The van der Waals surface area contributed by atoms with Crippen molar-refractivity contribution in [1.29, 1.82) is 0 Å². The molecule has 0 aliphatic heterocycles. The van der Waals surface area contributed by atoms with E-state index in [1.807, 2.05) is 6.92 Å². The van der Waals surface area contributed by atoms with Gasteiger partial charge in [-0.15, -0.1) is 0 Å². The van der Waals surface area contributed by atoms with E-state index in [1.54, 1.807) is 0 Å². The number of rotatable bonds is 10. The lowest BCUT2D eigenvalue weighted by Crippen LogP contribution is -2.28. The van der Waals surface area contributed by atoms with Gasteiger partial charge in [-0.05, 0) is 43.4 Å². The van der Waals surface area contributed by atoms with Crippen LogP contribution in [0, 0.1) is 17.3 Å². The Kier molecular flexibility index (Phi) is 9.34. The van der Waals surface area contributed by atoms with E-state index in [9.17, 15) is 4.79 Å². The van der Waals surface area contributed by atoms with Crippen LogP contribution in [0.4, 0.5) is 0 Å². The normalized spacial score (nSPS) is 26.3. The molecule has 0 aromatic carbocycles. The fourth-order valence-electron chi connectivity index (χ4n) is 5.49. The van der Waals surface area contributed by atoms with E-state index >= 15 is 0 Å². The standard InChI is InChI=1S/C23H42O2/c1-3-10-20-12-14-21(15-13-20)11-6-9-18-23(16-7-5-8-17-23)19-22(24)25-4-2/h20-21H,3-19H2,1-2H3/t20-,21-. The third-order valence-electron chi connectivity index (χ3n) is 6.97. The topological polar surface area (TPSA) is 26.3 Å². The van der Waals surface area contributed by atoms with Crippen molar-refractivity contribution in [3.63, 3.8) is 0 Å². The highest BCUT2D eigenvalue weighted by Gasteiger charge is 2.34. The van der Waals surface area contributed by atoms with Gasteiger partial charge < -0.3 is 4.74 Å². The van der Waals surface area contributed by atoms with Crippen LogP contribution in [-0.4, -0.2) is 12.6 Å². The van der Waals surface area contributed by atoms with E-state index in [-0.39, 0.29) is 11.4 Å². The number of carbonyl (C=O) groups is 1. The largest absolute Gasteiger partial charge is 0.466 e. The molecule has 25 heavy (non-hydrogen) atoms. The summed E-state index contributed by atoms with van der Waals surface area (Å²) in [5, 5.41) is 0. The van der Waals surface area contributed by atoms with Gasteiger partial charge in [0.2, 0.25) is 0 Å². The molecule has 0 heterocycles. The van der Waals surface area contributed by atoms with Crippen molar-refractivity contribution in [2.24, 2.45) is 17.3 Å². The van der Waals surface area contributed by atoms with Gasteiger partial charge in [0.15, 0.2) is 0 Å². The molecule has 0 spiro atoms. The van der Waals surface area contributed by atoms with Crippen molar-refractivity contribution in [3.8, 4) is 0 Å². The highest BCUT2D eigenvalue weighted by molar-refractivity contribution is 5.70. The summed E-state index contributed by atoms with van der Waals surface area (Å²) in [6, 6.07) is 0. The molecule has 2 heteroatoms. The monoisotopic (exact) mass is 350 g/mol. The van der Waals surface area contributed by atoms with Gasteiger partial charge in [0, 0.05) is 0 Å². The van der Waals surface area contributed by atoms with Crippen LogP contribution in [0.1, 0.15) is 117 Å². The zero-order valence-electron chi connectivity index (χ0n) is 17.0.